The molecule has 0 amide bonds. The lowest BCUT2D eigenvalue weighted by Crippen LogP contribution is -2.12. The number of esters is 1. The Kier molecular flexibility index (Phi) is 6.92. The van der Waals surface area contributed by atoms with Crippen LogP contribution < -0.4 is 0 Å². The van der Waals surface area contributed by atoms with Crippen LogP contribution in [0.2, 0.25) is 0 Å². The van der Waals surface area contributed by atoms with E-state index in [0.29, 0.717) is 18.8 Å². The van der Waals surface area contributed by atoms with Crippen LogP contribution in [0.25, 0.3) is 0 Å². The van der Waals surface area contributed by atoms with Crippen LogP contribution in [0.15, 0.2) is 24.3 Å². The van der Waals surface area contributed by atoms with Gasteiger partial charge in [0.1, 0.15) is 0 Å². The summed E-state index contributed by atoms with van der Waals surface area (Å²) >= 11 is 0. The van der Waals surface area contributed by atoms with E-state index < -0.39 is 0 Å². The number of ether oxygens (including phenoxy) is 2. The Balaban J connectivity index is 4.15. The lowest BCUT2D eigenvalue weighted by Gasteiger charge is -2.05. The molecule has 74 valence electrons. The summed E-state index contributed by atoms with van der Waals surface area (Å²) in [4.78, 5) is 11.2. The first kappa shape index (κ1) is 11.9. The van der Waals surface area contributed by atoms with Crippen molar-refractivity contribution in [2.75, 3.05) is 19.8 Å². The van der Waals surface area contributed by atoms with Crippen molar-refractivity contribution in [2.45, 2.75) is 13.8 Å². The summed E-state index contributed by atoms with van der Waals surface area (Å²) < 4.78 is 9.92. The van der Waals surface area contributed by atoms with E-state index in [0.717, 1.165) is 0 Å². The molecule has 0 rings (SSSR count). The molecule has 3 heteroatoms. The van der Waals surface area contributed by atoms with Gasteiger partial charge in [0.15, 0.2) is 0 Å². The van der Waals surface area contributed by atoms with Crippen molar-refractivity contribution in [3.8, 4) is 0 Å². The smallest absolute Gasteiger partial charge is 0.336 e. The molecule has 0 heterocycles. The summed E-state index contributed by atoms with van der Waals surface area (Å²) in [7, 11) is 0. The van der Waals surface area contributed by atoms with Gasteiger partial charge in [0.2, 0.25) is 0 Å². The average Bonchev–Trinajstić information content (AvgIpc) is 2.12. The van der Waals surface area contributed by atoms with Gasteiger partial charge in [0.05, 0.1) is 18.8 Å². The van der Waals surface area contributed by atoms with E-state index in [1.54, 1.807) is 19.1 Å². The van der Waals surface area contributed by atoms with Crippen molar-refractivity contribution in [3.63, 3.8) is 0 Å². The van der Waals surface area contributed by atoms with Gasteiger partial charge in [-0.15, -0.1) is 0 Å². The van der Waals surface area contributed by atoms with Gasteiger partial charge in [0.25, 0.3) is 0 Å². The fraction of sp³-hybridized carbons (Fsp3) is 0.500. The average molecular weight is 184 g/mol. The highest BCUT2D eigenvalue weighted by molar-refractivity contribution is 5.89. The van der Waals surface area contributed by atoms with Crippen molar-refractivity contribution >= 4 is 5.97 Å². The third-order valence-corrected chi connectivity index (χ3v) is 1.32. The molecule has 0 radical (unpaired) electrons. The lowest BCUT2D eigenvalue weighted by atomic mass is 10.2. The zero-order valence-electron chi connectivity index (χ0n) is 8.21. The lowest BCUT2D eigenvalue weighted by molar-refractivity contribution is -0.139. The monoisotopic (exact) mass is 184 g/mol. The van der Waals surface area contributed by atoms with Crippen LogP contribution in [0.1, 0.15) is 13.8 Å². The summed E-state index contributed by atoms with van der Waals surface area (Å²) in [5, 5.41) is 0. The molecule has 0 bridgehead atoms. The second kappa shape index (κ2) is 7.55. The van der Waals surface area contributed by atoms with Gasteiger partial charge in [-0.3, -0.25) is 0 Å². The molecule has 0 aromatic rings. The first-order valence-corrected chi connectivity index (χ1v) is 4.32. The molecule has 0 aromatic carbocycles. The number of carbonyl (C=O) groups excluding carboxylic acids is 1. The van der Waals surface area contributed by atoms with Crippen molar-refractivity contribution in [1.29, 1.82) is 0 Å². The highest BCUT2D eigenvalue weighted by Gasteiger charge is 2.08. The first-order chi connectivity index (χ1) is 6.26. The van der Waals surface area contributed by atoms with E-state index in [4.69, 9.17) is 9.47 Å². The van der Waals surface area contributed by atoms with Crippen LogP contribution in [0.3, 0.4) is 0 Å². The van der Waals surface area contributed by atoms with E-state index in [1.165, 1.54) is 0 Å². The molecule has 0 aliphatic heterocycles. The zero-order chi connectivity index (χ0) is 10.1. The molecule has 13 heavy (non-hydrogen) atoms. The largest absolute Gasteiger partial charge is 0.463 e. The van der Waals surface area contributed by atoms with Gasteiger partial charge < -0.3 is 9.47 Å². The van der Waals surface area contributed by atoms with E-state index in [-0.39, 0.29) is 12.6 Å². The fourth-order valence-electron chi connectivity index (χ4n) is 0.753. The molecule has 0 aliphatic carbocycles. The van der Waals surface area contributed by atoms with Crippen molar-refractivity contribution in [2.24, 2.45) is 0 Å². The summed E-state index contributed by atoms with van der Waals surface area (Å²) in [6.07, 6.45) is 3.15. The Hall–Kier alpha value is -1.09. The summed E-state index contributed by atoms with van der Waals surface area (Å²) in [5.41, 5.74) is 0.499. The maximum absolute atomic E-state index is 11.2. The van der Waals surface area contributed by atoms with Crippen LogP contribution in [0.5, 0.6) is 0 Å². The van der Waals surface area contributed by atoms with Crippen molar-refractivity contribution in [1.82, 2.24) is 0 Å². The molecule has 0 aliphatic rings. The van der Waals surface area contributed by atoms with Gasteiger partial charge in [-0.25, -0.2) is 4.79 Å². The Morgan fingerprint density at radius 3 is 2.54 bits per heavy atom. The minimum absolute atomic E-state index is 0.279. The van der Waals surface area contributed by atoms with Crippen LogP contribution >= 0.6 is 0 Å². The maximum atomic E-state index is 11.2. The molecule has 0 atom stereocenters. The number of hydrogen-bond acceptors (Lipinski definition) is 3. The maximum Gasteiger partial charge on any atom is 0.336 e. The van der Waals surface area contributed by atoms with Crippen molar-refractivity contribution in [3.05, 3.63) is 24.3 Å². The van der Waals surface area contributed by atoms with E-state index in [1.807, 2.05) is 6.92 Å². The van der Waals surface area contributed by atoms with Gasteiger partial charge in [-0.05, 0) is 13.8 Å². The van der Waals surface area contributed by atoms with Crippen LogP contribution in [-0.2, 0) is 14.3 Å². The van der Waals surface area contributed by atoms with E-state index in [9.17, 15) is 4.79 Å². The summed E-state index contributed by atoms with van der Waals surface area (Å²) in [6.45, 7) is 8.38. The Morgan fingerprint density at radius 1 is 1.38 bits per heavy atom. The second-order valence-electron chi connectivity index (χ2n) is 2.29. The molecule has 0 N–H and O–H groups in total. The Bertz CT molecular complexity index is 194. The van der Waals surface area contributed by atoms with E-state index >= 15 is 0 Å². The number of allylic oxidation sites excluding steroid dienone is 2. The van der Waals surface area contributed by atoms with Crippen LogP contribution in [0.4, 0.5) is 0 Å². The minimum atomic E-state index is -0.337. The van der Waals surface area contributed by atoms with Gasteiger partial charge in [0, 0.05) is 6.61 Å². The molecular weight excluding hydrogens is 168 g/mol. The van der Waals surface area contributed by atoms with Crippen molar-refractivity contribution < 1.29 is 14.3 Å². The highest BCUT2D eigenvalue weighted by atomic mass is 16.5. The number of rotatable bonds is 6. The standard InChI is InChI=1S/C10H16O3/c1-4-7-9(8-12-5-2)10(11)13-6-3/h4,7H,1,5-6,8H2,2-3H3. The fourth-order valence-corrected chi connectivity index (χ4v) is 0.753. The molecule has 3 nitrogen and oxygen atoms in total. The molecule has 0 fully saturated rings. The zero-order valence-corrected chi connectivity index (χ0v) is 8.21. The highest BCUT2D eigenvalue weighted by Crippen LogP contribution is 1.99. The predicted octanol–water partition coefficient (Wildman–Crippen LogP) is 1.70. The molecular formula is C10H16O3. The quantitative estimate of drug-likeness (QED) is 0.358. The SMILES string of the molecule is C=CC=C(COCC)C(=O)OCC. The minimum Gasteiger partial charge on any atom is -0.463 e. The molecule has 0 spiro atoms. The molecule has 0 aromatic heterocycles. The topological polar surface area (TPSA) is 35.5 Å². The normalized spacial score (nSPS) is 11.1. The molecule has 0 saturated carbocycles. The first-order valence-electron chi connectivity index (χ1n) is 4.32. The Labute approximate surface area is 79.0 Å². The molecule has 0 unspecified atom stereocenters. The van der Waals surface area contributed by atoms with E-state index in [2.05, 4.69) is 6.58 Å². The van der Waals surface area contributed by atoms with Gasteiger partial charge >= 0.3 is 5.97 Å². The predicted molar refractivity (Wildman–Crippen MR) is 51.4 cm³/mol. The summed E-state index contributed by atoms with van der Waals surface area (Å²) in [5.74, 6) is -0.337. The molecule has 0 saturated heterocycles. The van der Waals surface area contributed by atoms with Crippen LogP contribution in [-0.4, -0.2) is 25.8 Å². The Morgan fingerprint density at radius 2 is 2.08 bits per heavy atom. The second-order valence-corrected chi connectivity index (χ2v) is 2.29. The summed E-state index contributed by atoms with van der Waals surface area (Å²) in [6, 6.07) is 0. The third-order valence-electron chi connectivity index (χ3n) is 1.32. The van der Waals surface area contributed by atoms with Crippen LogP contribution in [0, 0.1) is 0 Å². The third kappa shape index (κ3) is 5.20. The van der Waals surface area contributed by atoms with Gasteiger partial charge in [-0.2, -0.15) is 0 Å². The van der Waals surface area contributed by atoms with Gasteiger partial charge in [-0.1, -0.05) is 18.7 Å². The number of hydrogen-bond donors (Lipinski definition) is 0. The number of carbonyl (C=O) groups is 1.